The first kappa shape index (κ1) is 15.6. The first-order valence-corrected chi connectivity index (χ1v) is 7.71. The third-order valence-corrected chi connectivity index (χ3v) is 3.84. The number of hydrogen-bond acceptors (Lipinski definition) is 2. The Morgan fingerprint density at radius 1 is 1.04 bits per heavy atom. The molecular formula is C17H13Cl2N3O. The van der Waals surface area contributed by atoms with Gasteiger partial charge in [-0.05, 0) is 29.8 Å². The number of nitrogens with zero attached hydrogens (tertiary/aromatic N) is 2. The summed E-state index contributed by atoms with van der Waals surface area (Å²) in [5, 5.41) is 8.17. The van der Waals surface area contributed by atoms with Crippen LogP contribution in [0.25, 0.3) is 0 Å². The zero-order valence-electron chi connectivity index (χ0n) is 12.0. The molecule has 0 aliphatic rings. The summed E-state index contributed by atoms with van der Waals surface area (Å²) >= 11 is 11.9. The molecule has 0 aliphatic carbocycles. The number of hydrogen-bond donors (Lipinski definition) is 1. The average Bonchev–Trinajstić information content (AvgIpc) is 2.97. The summed E-state index contributed by atoms with van der Waals surface area (Å²) < 4.78 is 1.74. The highest BCUT2D eigenvalue weighted by molar-refractivity contribution is 6.34. The van der Waals surface area contributed by atoms with Gasteiger partial charge in [0, 0.05) is 17.3 Å². The molecule has 2 aromatic carbocycles. The summed E-state index contributed by atoms with van der Waals surface area (Å²) in [5.74, 6) is 0.191. The van der Waals surface area contributed by atoms with Gasteiger partial charge in [0.15, 0.2) is 5.82 Å². The van der Waals surface area contributed by atoms with E-state index in [-0.39, 0.29) is 5.91 Å². The molecule has 1 amide bonds. The fourth-order valence-electron chi connectivity index (χ4n) is 2.12. The summed E-state index contributed by atoms with van der Waals surface area (Å²) in [4.78, 5) is 12.2. The topological polar surface area (TPSA) is 46.9 Å². The van der Waals surface area contributed by atoms with Crippen LogP contribution >= 0.6 is 23.2 Å². The second kappa shape index (κ2) is 6.86. The van der Waals surface area contributed by atoms with Crippen molar-refractivity contribution in [1.29, 1.82) is 0 Å². The molecule has 1 N–H and O–H groups in total. The smallest absolute Gasteiger partial charge is 0.258 e. The van der Waals surface area contributed by atoms with Crippen LogP contribution in [0.5, 0.6) is 0 Å². The summed E-state index contributed by atoms with van der Waals surface area (Å²) in [5.41, 5.74) is 1.49. The molecule has 0 atom stereocenters. The Labute approximate surface area is 143 Å². The van der Waals surface area contributed by atoms with Crippen molar-refractivity contribution >= 4 is 34.9 Å². The van der Waals surface area contributed by atoms with E-state index in [2.05, 4.69) is 10.4 Å². The lowest BCUT2D eigenvalue weighted by atomic mass is 10.2. The number of anilines is 1. The molecule has 1 aromatic heterocycles. The van der Waals surface area contributed by atoms with Crippen LogP contribution in [0.4, 0.5) is 5.82 Å². The maximum Gasteiger partial charge on any atom is 0.258 e. The molecule has 3 rings (SSSR count). The predicted molar refractivity (Wildman–Crippen MR) is 92.2 cm³/mol. The highest BCUT2D eigenvalue weighted by Crippen LogP contribution is 2.17. The van der Waals surface area contributed by atoms with Gasteiger partial charge in [0.2, 0.25) is 0 Å². The Morgan fingerprint density at radius 3 is 2.52 bits per heavy atom. The molecule has 116 valence electrons. The van der Waals surface area contributed by atoms with E-state index < -0.39 is 0 Å². The van der Waals surface area contributed by atoms with Crippen LogP contribution in [-0.2, 0) is 6.54 Å². The molecule has 0 saturated carbocycles. The molecule has 0 saturated heterocycles. The molecule has 0 radical (unpaired) electrons. The van der Waals surface area contributed by atoms with Gasteiger partial charge in [-0.2, -0.15) is 5.10 Å². The SMILES string of the molecule is O=C(Nc1ccn(Cc2ccc(Cl)cc2)n1)c1ccccc1Cl. The van der Waals surface area contributed by atoms with Gasteiger partial charge in [-0.3, -0.25) is 9.48 Å². The second-order valence-electron chi connectivity index (χ2n) is 4.96. The van der Waals surface area contributed by atoms with Crippen LogP contribution in [0.2, 0.25) is 10.0 Å². The Kier molecular flexibility index (Phi) is 4.65. The summed E-state index contributed by atoms with van der Waals surface area (Å²) in [7, 11) is 0. The predicted octanol–water partition coefficient (Wildman–Crippen LogP) is 4.49. The van der Waals surface area contributed by atoms with E-state index in [0.717, 1.165) is 5.56 Å². The third kappa shape index (κ3) is 3.92. The average molecular weight is 346 g/mol. The van der Waals surface area contributed by atoms with E-state index in [9.17, 15) is 4.79 Å². The second-order valence-corrected chi connectivity index (χ2v) is 5.80. The number of nitrogens with one attached hydrogen (secondary N) is 1. The Balaban J connectivity index is 1.69. The molecule has 0 bridgehead atoms. The van der Waals surface area contributed by atoms with Crippen molar-refractivity contribution in [3.63, 3.8) is 0 Å². The van der Waals surface area contributed by atoms with Crippen molar-refractivity contribution in [2.75, 3.05) is 5.32 Å². The van der Waals surface area contributed by atoms with Crippen LogP contribution in [-0.4, -0.2) is 15.7 Å². The van der Waals surface area contributed by atoms with Gasteiger partial charge in [0.25, 0.3) is 5.91 Å². The van der Waals surface area contributed by atoms with Gasteiger partial charge in [-0.1, -0.05) is 47.5 Å². The zero-order chi connectivity index (χ0) is 16.2. The molecule has 4 nitrogen and oxygen atoms in total. The van der Waals surface area contributed by atoms with E-state index in [1.54, 1.807) is 41.2 Å². The maximum atomic E-state index is 12.2. The minimum atomic E-state index is -0.285. The number of amides is 1. The van der Waals surface area contributed by atoms with Gasteiger partial charge < -0.3 is 5.32 Å². The van der Waals surface area contributed by atoms with Crippen molar-refractivity contribution in [3.05, 3.63) is 82.0 Å². The van der Waals surface area contributed by atoms with Crippen LogP contribution in [0, 0.1) is 0 Å². The molecular weight excluding hydrogens is 333 g/mol. The summed E-state index contributed by atoms with van der Waals surface area (Å²) in [6.07, 6.45) is 1.80. The maximum absolute atomic E-state index is 12.2. The lowest BCUT2D eigenvalue weighted by Gasteiger charge is -2.04. The van der Waals surface area contributed by atoms with Gasteiger partial charge >= 0.3 is 0 Å². The first-order valence-electron chi connectivity index (χ1n) is 6.95. The number of halogens is 2. The van der Waals surface area contributed by atoms with E-state index in [4.69, 9.17) is 23.2 Å². The highest BCUT2D eigenvalue weighted by atomic mass is 35.5. The van der Waals surface area contributed by atoms with Crippen LogP contribution in [0.15, 0.2) is 60.8 Å². The number of carbonyl (C=O) groups is 1. The summed E-state index contributed by atoms with van der Waals surface area (Å²) in [6.45, 7) is 0.596. The Bertz CT molecular complexity index is 828. The fourth-order valence-corrected chi connectivity index (χ4v) is 2.47. The zero-order valence-corrected chi connectivity index (χ0v) is 13.6. The third-order valence-electron chi connectivity index (χ3n) is 3.26. The highest BCUT2D eigenvalue weighted by Gasteiger charge is 2.11. The standard InChI is InChI=1S/C17H13Cl2N3O/c18-13-7-5-12(6-8-13)11-22-10-9-16(21-22)20-17(23)14-3-1-2-4-15(14)19/h1-10H,11H2,(H,20,21,23). The first-order chi connectivity index (χ1) is 11.1. The normalized spacial score (nSPS) is 10.5. The quantitative estimate of drug-likeness (QED) is 0.757. The molecule has 0 fully saturated rings. The molecule has 0 spiro atoms. The molecule has 6 heteroatoms. The van der Waals surface area contributed by atoms with Gasteiger partial charge in [0.05, 0.1) is 17.1 Å². The van der Waals surface area contributed by atoms with Gasteiger partial charge in [-0.15, -0.1) is 0 Å². The number of carbonyl (C=O) groups excluding carboxylic acids is 1. The summed E-state index contributed by atoms with van der Waals surface area (Å²) in [6, 6.07) is 16.2. The number of rotatable bonds is 4. The van der Waals surface area contributed by atoms with Crippen molar-refractivity contribution in [2.45, 2.75) is 6.54 Å². The van der Waals surface area contributed by atoms with Crippen LogP contribution < -0.4 is 5.32 Å². The molecule has 0 unspecified atom stereocenters. The van der Waals surface area contributed by atoms with Gasteiger partial charge in [0.1, 0.15) is 0 Å². The Hall–Kier alpha value is -2.30. The minimum absolute atomic E-state index is 0.285. The number of benzene rings is 2. The lowest BCUT2D eigenvalue weighted by Crippen LogP contribution is -2.13. The largest absolute Gasteiger partial charge is 0.305 e. The minimum Gasteiger partial charge on any atom is -0.305 e. The van der Waals surface area contributed by atoms with Crippen molar-refractivity contribution in [3.8, 4) is 0 Å². The molecule has 1 heterocycles. The van der Waals surface area contributed by atoms with E-state index in [0.29, 0.717) is 28.0 Å². The van der Waals surface area contributed by atoms with E-state index >= 15 is 0 Å². The molecule has 23 heavy (non-hydrogen) atoms. The van der Waals surface area contributed by atoms with Crippen LogP contribution in [0.3, 0.4) is 0 Å². The lowest BCUT2D eigenvalue weighted by molar-refractivity contribution is 0.102. The molecule has 3 aromatic rings. The number of aromatic nitrogens is 2. The Morgan fingerprint density at radius 2 is 1.78 bits per heavy atom. The van der Waals surface area contributed by atoms with Crippen LogP contribution in [0.1, 0.15) is 15.9 Å². The van der Waals surface area contributed by atoms with Crippen molar-refractivity contribution < 1.29 is 4.79 Å². The monoisotopic (exact) mass is 345 g/mol. The van der Waals surface area contributed by atoms with E-state index in [1.165, 1.54) is 0 Å². The van der Waals surface area contributed by atoms with E-state index in [1.807, 2.05) is 24.3 Å². The molecule has 0 aliphatic heterocycles. The fraction of sp³-hybridized carbons (Fsp3) is 0.0588. The van der Waals surface area contributed by atoms with Crippen molar-refractivity contribution in [1.82, 2.24) is 9.78 Å². The van der Waals surface area contributed by atoms with Gasteiger partial charge in [-0.25, -0.2) is 0 Å². The van der Waals surface area contributed by atoms with Crippen molar-refractivity contribution in [2.24, 2.45) is 0 Å².